The summed E-state index contributed by atoms with van der Waals surface area (Å²) >= 11 is 0. The van der Waals surface area contributed by atoms with Crippen molar-refractivity contribution in [2.24, 2.45) is 23.5 Å². The second-order valence-corrected chi connectivity index (χ2v) is 6.25. The largest absolute Gasteiger partial charge is 0.387 e. The number of nitrogens with two attached hydrogens (primary N) is 1. The van der Waals surface area contributed by atoms with E-state index in [-0.39, 0.29) is 30.2 Å². The average Bonchev–Trinajstić information content (AvgIpc) is 3.06. The van der Waals surface area contributed by atoms with Crippen LogP contribution in [0.15, 0.2) is 24.3 Å². The van der Waals surface area contributed by atoms with E-state index in [4.69, 9.17) is 5.73 Å². The number of rotatable bonds is 4. The van der Waals surface area contributed by atoms with Gasteiger partial charge in [0.15, 0.2) is 0 Å². The molecule has 3 rings (SSSR count). The lowest BCUT2D eigenvalue weighted by atomic mass is 9.84. The molecule has 1 aromatic carbocycles. The van der Waals surface area contributed by atoms with Gasteiger partial charge in [-0.05, 0) is 48.8 Å². The molecule has 114 valence electrons. The van der Waals surface area contributed by atoms with Crippen molar-refractivity contribution in [3.8, 4) is 0 Å². The summed E-state index contributed by atoms with van der Waals surface area (Å²) in [6.07, 6.45) is 2.44. The lowest BCUT2D eigenvalue weighted by molar-refractivity contribution is -0.127. The maximum atomic E-state index is 12.8. The molecule has 0 aliphatic heterocycles. The molecule has 2 bridgehead atoms. The number of aliphatic hydroxyl groups is 1. The van der Waals surface area contributed by atoms with Crippen molar-refractivity contribution in [3.63, 3.8) is 0 Å². The standard InChI is InChI=1S/C16H21FN2O2/c17-12-5-3-9(4-6-12)13(20)8-19-16(21)14-10-1-2-11(7-10)15(14)18/h3-6,10-11,13-15,20H,1-2,7-8,18H2,(H,19,21). The van der Waals surface area contributed by atoms with E-state index < -0.39 is 6.10 Å². The van der Waals surface area contributed by atoms with Crippen LogP contribution >= 0.6 is 0 Å². The van der Waals surface area contributed by atoms with Crippen molar-refractivity contribution in [1.82, 2.24) is 5.32 Å². The summed E-state index contributed by atoms with van der Waals surface area (Å²) in [7, 11) is 0. The van der Waals surface area contributed by atoms with Crippen molar-refractivity contribution < 1.29 is 14.3 Å². The van der Waals surface area contributed by atoms with Crippen LogP contribution < -0.4 is 11.1 Å². The van der Waals surface area contributed by atoms with E-state index in [2.05, 4.69) is 5.32 Å². The van der Waals surface area contributed by atoms with Crippen molar-refractivity contribution in [1.29, 1.82) is 0 Å². The monoisotopic (exact) mass is 292 g/mol. The average molecular weight is 292 g/mol. The smallest absolute Gasteiger partial charge is 0.225 e. The van der Waals surface area contributed by atoms with Crippen LogP contribution in [0.25, 0.3) is 0 Å². The Balaban J connectivity index is 1.55. The fourth-order valence-corrected chi connectivity index (χ4v) is 3.84. The highest BCUT2D eigenvalue weighted by molar-refractivity contribution is 5.80. The fourth-order valence-electron chi connectivity index (χ4n) is 3.84. The zero-order valence-electron chi connectivity index (χ0n) is 11.8. The van der Waals surface area contributed by atoms with E-state index in [0.29, 0.717) is 17.4 Å². The van der Waals surface area contributed by atoms with Gasteiger partial charge in [-0.1, -0.05) is 12.1 Å². The summed E-state index contributed by atoms with van der Waals surface area (Å²) in [5, 5.41) is 12.8. The Hall–Kier alpha value is -1.46. The number of halogens is 1. The molecule has 2 aliphatic carbocycles. The van der Waals surface area contributed by atoms with Gasteiger partial charge in [0, 0.05) is 12.6 Å². The number of hydrogen-bond donors (Lipinski definition) is 3. The third kappa shape index (κ3) is 2.80. The molecule has 2 saturated carbocycles. The van der Waals surface area contributed by atoms with Crippen LogP contribution in [0, 0.1) is 23.6 Å². The summed E-state index contributed by atoms with van der Waals surface area (Å²) in [5.41, 5.74) is 6.73. The molecule has 1 aromatic rings. The minimum Gasteiger partial charge on any atom is -0.387 e. The number of carbonyl (C=O) groups is 1. The molecule has 2 fully saturated rings. The van der Waals surface area contributed by atoms with Gasteiger partial charge in [-0.25, -0.2) is 4.39 Å². The quantitative estimate of drug-likeness (QED) is 0.784. The summed E-state index contributed by atoms with van der Waals surface area (Å²) in [4.78, 5) is 12.3. The zero-order chi connectivity index (χ0) is 15.0. The van der Waals surface area contributed by atoms with Gasteiger partial charge >= 0.3 is 0 Å². The molecule has 0 heterocycles. The maximum Gasteiger partial charge on any atom is 0.225 e. The third-order valence-corrected chi connectivity index (χ3v) is 5.01. The Labute approximate surface area is 123 Å². The first-order chi connectivity index (χ1) is 10.1. The summed E-state index contributed by atoms with van der Waals surface area (Å²) in [5.74, 6) is 0.351. The molecule has 1 amide bonds. The highest BCUT2D eigenvalue weighted by Crippen LogP contribution is 2.47. The van der Waals surface area contributed by atoms with E-state index in [0.717, 1.165) is 19.3 Å². The summed E-state index contributed by atoms with van der Waals surface area (Å²) in [6.45, 7) is 0.130. The van der Waals surface area contributed by atoms with Crippen LogP contribution in [0.3, 0.4) is 0 Å². The molecular formula is C16H21FN2O2. The number of hydrogen-bond acceptors (Lipinski definition) is 3. The van der Waals surface area contributed by atoms with Gasteiger partial charge < -0.3 is 16.2 Å². The Morgan fingerprint density at radius 2 is 2.00 bits per heavy atom. The second kappa shape index (κ2) is 5.73. The molecule has 0 spiro atoms. The van der Waals surface area contributed by atoms with Crippen LogP contribution in [-0.4, -0.2) is 23.6 Å². The summed E-state index contributed by atoms with van der Waals surface area (Å²) < 4.78 is 12.8. The Morgan fingerprint density at radius 3 is 2.62 bits per heavy atom. The molecular weight excluding hydrogens is 271 g/mol. The topological polar surface area (TPSA) is 75.4 Å². The van der Waals surface area contributed by atoms with E-state index in [1.54, 1.807) is 0 Å². The number of aliphatic hydroxyl groups excluding tert-OH is 1. The Bertz CT molecular complexity index is 518. The van der Waals surface area contributed by atoms with E-state index >= 15 is 0 Å². The van der Waals surface area contributed by atoms with Crippen LogP contribution in [0.1, 0.15) is 30.9 Å². The normalized spacial score (nSPS) is 32.1. The van der Waals surface area contributed by atoms with Crippen molar-refractivity contribution >= 4 is 5.91 Å². The molecule has 4 N–H and O–H groups in total. The van der Waals surface area contributed by atoms with Gasteiger partial charge in [0.05, 0.1) is 12.0 Å². The number of fused-ring (bicyclic) bond motifs is 2. The van der Waals surface area contributed by atoms with Crippen LogP contribution in [0.5, 0.6) is 0 Å². The SMILES string of the molecule is NC1C2CCC(C2)C1C(=O)NCC(O)c1ccc(F)cc1. The first-order valence-corrected chi connectivity index (χ1v) is 7.53. The van der Waals surface area contributed by atoms with Gasteiger partial charge in [0.1, 0.15) is 5.82 Å². The molecule has 0 aromatic heterocycles. The second-order valence-electron chi connectivity index (χ2n) is 6.25. The van der Waals surface area contributed by atoms with Crippen molar-refractivity contribution in [3.05, 3.63) is 35.6 Å². The highest BCUT2D eigenvalue weighted by Gasteiger charge is 2.48. The molecule has 5 unspecified atom stereocenters. The van der Waals surface area contributed by atoms with E-state index in [1.807, 2.05) is 0 Å². The molecule has 0 radical (unpaired) electrons. The number of carbonyl (C=O) groups excluding carboxylic acids is 1. The molecule has 5 atom stereocenters. The Morgan fingerprint density at radius 1 is 1.33 bits per heavy atom. The van der Waals surface area contributed by atoms with Crippen LogP contribution in [0.4, 0.5) is 4.39 Å². The first kappa shape index (κ1) is 14.5. The molecule has 4 nitrogen and oxygen atoms in total. The van der Waals surface area contributed by atoms with E-state index in [9.17, 15) is 14.3 Å². The van der Waals surface area contributed by atoms with Gasteiger partial charge in [-0.15, -0.1) is 0 Å². The minimum absolute atomic E-state index is 0.0493. The third-order valence-electron chi connectivity index (χ3n) is 5.01. The van der Waals surface area contributed by atoms with Gasteiger partial charge in [-0.3, -0.25) is 4.79 Å². The van der Waals surface area contributed by atoms with Crippen LogP contribution in [-0.2, 0) is 4.79 Å². The number of nitrogens with one attached hydrogen (secondary N) is 1. The minimum atomic E-state index is -0.829. The number of amides is 1. The van der Waals surface area contributed by atoms with Gasteiger partial charge in [0.25, 0.3) is 0 Å². The van der Waals surface area contributed by atoms with Crippen molar-refractivity contribution in [2.45, 2.75) is 31.4 Å². The van der Waals surface area contributed by atoms with Crippen molar-refractivity contribution in [2.75, 3.05) is 6.54 Å². The van der Waals surface area contributed by atoms with Crippen LogP contribution in [0.2, 0.25) is 0 Å². The molecule has 2 aliphatic rings. The predicted octanol–water partition coefficient (Wildman–Crippen LogP) is 1.35. The van der Waals surface area contributed by atoms with Gasteiger partial charge in [-0.2, -0.15) is 0 Å². The molecule has 0 saturated heterocycles. The summed E-state index contributed by atoms with van der Waals surface area (Å²) in [6, 6.07) is 5.59. The fraction of sp³-hybridized carbons (Fsp3) is 0.562. The molecule has 5 heteroatoms. The Kier molecular flexibility index (Phi) is 3.95. The lowest BCUT2D eigenvalue weighted by Crippen LogP contribution is -2.46. The molecule has 21 heavy (non-hydrogen) atoms. The highest BCUT2D eigenvalue weighted by atomic mass is 19.1. The van der Waals surface area contributed by atoms with E-state index in [1.165, 1.54) is 24.3 Å². The number of benzene rings is 1. The van der Waals surface area contributed by atoms with Gasteiger partial charge in [0.2, 0.25) is 5.91 Å². The maximum absolute atomic E-state index is 12.8. The first-order valence-electron chi connectivity index (χ1n) is 7.53. The predicted molar refractivity (Wildman–Crippen MR) is 76.7 cm³/mol. The zero-order valence-corrected chi connectivity index (χ0v) is 11.8. The lowest BCUT2D eigenvalue weighted by Gasteiger charge is -2.27.